The van der Waals surface area contributed by atoms with E-state index in [0.29, 0.717) is 11.1 Å². The van der Waals surface area contributed by atoms with Gasteiger partial charge in [-0.25, -0.2) is 4.39 Å². The molecule has 0 amide bonds. The molecule has 3 aromatic carbocycles. The van der Waals surface area contributed by atoms with E-state index in [-0.39, 0.29) is 11.5 Å². The molecule has 0 saturated heterocycles. The summed E-state index contributed by atoms with van der Waals surface area (Å²) in [6.07, 6.45) is 4.17. The smallest absolute Gasteiger partial charge is 0.416 e. The molecule has 192 valence electrons. The monoisotopic (exact) mass is 502 g/mol. The van der Waals surface area contributed by atoms with Crippen LogP contribution in [-0.4, -0.2) is 0 Å². The minimum absolute atomic E-state index is 0.00938. The maximum absolute atomic E-state index is 14.6. The highest BCUT2D eigenvalue weighted by Crippen LogP contribution is 2.38. The molecule has 0 spiro atoms. The van der Waals surface area contributed by atoms with Crippen molar-refractivity contribution in [3.8, 4) is 22.6 Å². The maximum atomic E-state index is 14.6. The second kappa shape index (κ2) is 11.0. The molecule has 0 bridgehead atoms. The lowest BCUT2D eigenvalue weighted by Crippen LogP contribution is -2.14. The van der Waals surface area contributed by atoms with E-state index in [2.05, 4.69) is 6.92 Å². The van der Waals surface area contributed by atoms with E-state index in [1.807, 2.05) is 24.3 Å². The number of benzene rings is 3. The Morgan fingerprint density at radius 2 is 1.47 bits per heavy atom. The molecule has 4 rings (SSSR count). The summed E-state index contributed by atoms with van der Waals surface area (Å²) in [7, 11) is 0. The van der Waals surface area contributed by atoms with E-state index in [0.717, 1.165) is 60.6 Å². The van der Waals surface area contributed by atoms with Crippen LogP contribution >= 0.6 is 0 Å². The van der Waals surface area contributed by atoms with E-state index in [1.54, 1.807) is 6.92 Å². The fourth-order valence-corrected chi connectivity index (χ4v) is 5.09. The molecule has 1 aliphatic rings. The standard InChI is InChI=1S/C30H31F5O/c1-3-20-4-6-21(7-5-20)8-9-22-10-12-23(13-11-22)26-18-27(31)28(32)29(19(26)2)36-25-16-14-24(15-17-25)30(33,34)35/h10-18,20-21H,3-9H2,1-2H3. The zero-order valence-electron chi connectivity index (χ0n) is 20.6. The average Bonchev–Trinajstić information content (AvgIpc) is 2.88. The normalized spacial score (nSPS) is 18.3. The quantitative estimate of drug-likeness (QED) is 0.292. The lowest BCUT2D eigenvalue weighted by atomic mass is 9.78. The number of aryl methyl sites for hydroxylation is 1. The Bertz CT molecular complexity index is 1160. The number of ether oxygens (including phenoxy) is 1. The summed E-state index contributed by atoms with van der Waals surface area (Å²) in [6.45, 7) is 3.88. The molecule has 1 fully saturated rings. The van der Waals surface area contributed by atoms with Crippen LogP contribution in [0, 0.1) is 30.4 Å². The SMILES string of the molecule is CCC1CCC(CCc2ccc(-c3cc(F)c(F)c(Oc4ccc(C(F)(F)F)cc4)c3C)cc2)CC1. The van der Waals surface area contributed by atoms with Gasteiger partial charge in [0.25, 0.3) is 0 Å². The van der Waals surface area contributed by atoms with Crippen molar-refractivity contribution in [2.75, 3.05) is 0 Å². The molecule has 0 atom stereocenters. The van der Waals surface area contributed by atoms with Gasteiger partial charge in [0.15, 0.2) is 11.6 Å². The Kier molecular flexibility index (Phi) is 8.01. The Morgan fingerprint density at radius 3 is 2.06 bits per heavy atom. The summed E-state index contributed by atoms with van der Waals surface area (Å²) < 4.78 is 73.1. The van der Waals surface area contributed by atoms with Crippen molar-refractivity contribution >= 4 is 0 Å². The Hall–Kier alpha value is -2.89. The van der Waals surface area contributed by atoms with Crippen molar-refractivity contribution in [1.29, 1.82) is 0 Å². The summed E-state index contributed by atoms with van der Waals surface area (Å²) in [5, 5.41) is 0. The van der Waals surface area contributed by atoms with E-state index in [9.17, 15) is 22.0 Å². The van der Waals surface area contributed by atoms with Crippen LogP contribution in [0.3, 0.4) is 0 Å². The van der Waals surface area contributed by atoms with Crippen LogP contribution in [0.4, 0.5) is 22.0 Å². The number of alkyl halides is 3. The topological polar surface area (TPSA) is 9.23 Å². The predicted octanol–water partition coefficient (Wildman–Crippen LogP) is 9.90. The summed E-state index contributed by atoms with van der Waals surface area (Å²) >= 11 is 0. The Labute approximate surface area is 209 Å². The summed E-state index contributed by atoms with van der Waals surface area (Å²) in [5.41, 5.74) is 1.92. The zero-order chi connectivity index (χ0) is 25.9. The molecular weight excluding hydrogens is 471 g/mol. The van der Waals surface area contributed by atoms with Crippen LogP contribution in [0.1, 0.15) is 62.1 Å². The predicted molar refractivity (Wildman–Crippen MR) is 132 cm³/mol. The van der Waals surface area contributed by atoms with Gasteiger partial charge in [0.05, 0.1) is 5.56 Å². The van der Waals surface area contributed by atoms with Crippen molar-refractivity contribution in [1.82, 2.24) is 0 Å². The van der Waals surface area contributed by atoms with E-state index < -0.39 is 23.4 Å². The first kappa shape index (κ1) is 26.2. The fourth-order valence-electron chi connectivity index (χ4n) is 5.09. The average molecular weight is 503 g/mol. The third-order valence-corrected chi connectivity index (χ3v) is 7.48. The van der Waals surface area contributed by atoms with Crippen LogP contribution in [-0.2, 0) is 12.6 Å². The lowest BCUT2D eigenvalue weighted by molar-refractivity contribution is -0.137. The van der Waals surface area contributed by atoms with Gasteiger partial charge in [0.2, 0.25) is 5.82 Å². The largest absolute Gasteiger partial charge is 0.454 e. The molecular formula is C30H31F5O. The van der Waals surface area contributed by atoms with Gasteiger partial charge in [-0.2, -0.15) is 17.6 Å². The van der Waals surface area contributed by atoms with Crippen molar-refractivity contribution < 1.29 is 26.7 Å². The maximum Gasteiger partial charge on any atom is 0.416 e. The minimum Gasteiger partial charge on any atom is -0.454 e. The van der Waals surface area contributed by atoms with Crippen molar-refractivity contribution in [2.45, 2.75) is 65.0 Å². The number of hydrogen-bond donors (Lipinski definition) is 0. The lowest BCUT2D eigenvalue weighted by Gasteiger charge is -2.27. The molecule has 1 aliphatic carbocycles. The molecule has 0 heterocycles. The Morgan fingerprint density at radius 1 is 0.861 bits per heavy atom. The molecule has 3 aromatic rings. The number of halogens is 5. The third-order valence-electron chi connectivity index (χ3n) is 7.48. The van der Waals surface area contributed by atoms with Gasteiger partial charge < -0.3 is 4.74 Å². The van der Waals surface area contributed by atoms with Crippen LogP contribution < -0.4 is 4.74 Å². The van der Waals surface area contributed by atoms with Crippen LogP contribution in [0.25, 0.3) is 11.1 Å². The number of rotatable bonds is 7. The third kappa shape index (κ3) is 6.08. The van der Waals surface area contributed by atoms with Gasteiger partial charge in [-0.05, 0) is 78.6 Å². The highest BCUT2D eigenvalue weighted by atomic mass is 19.4. The van der Waals surface area contributed by atoms with Crippen molar-refractivity contribution in [3.05, 3.63) is 82.9 Å². The molecule has 1 saturated carbocycles. The number of hydrogen-bond acceptors (Lipinski definition) is 1. The summed E-state index contributed by atoms with van der Waals surface area (Å²) in [6, 6.07) is 12.8. The second-order valence-electron chi connectivity index (χ2n) is 9.83. The van der Waals surface area contributed by atoms with Gasteiger partial charge in [-0.3, -0.25) is 0 Å². The molecule has 0 aromatic heterocycles. The first-order valence-corrected chi connectivity index (χ1v) is 12.6. The van der Waals surface area contributed by atoms with E-state index in [1.165, 1.54) is 37.7 Å². The van der Waals surface area contributed by atoms with Gasteiger partial charge in [-0.15, -0.1) is 0 Å². The molecule has 6 heteroatoms. The minimum atomic E-state index is -4.49. The fraction of sp³-hybridized carbons (Fsp3) is 0.400. The summed E-state index contributed by atoms with van der Waals surface area (Å²) in [4.78, 5) is 0. The second-order valence-corrected chi connectivity index (χ2v) is 9.83. The van der Waals surface area contributed by atoms with Gasteiger partial charge in [0, 0.05) is 5.56 Å². The molecule has 0 N–H and O–H groups in total. The molecule has 1 nitrogen and oxygen atoms in total. The zero-order valence-corrected chi connectivity index (χ0v) is 20.6. The van der Waals surface area contributed by atoms with Crippen molar-refractivity contribution in [2.24, 2.45) is 11.8 Å². The summed E-state index contributed by atoms with van der Waals surface area (Å²) in [5.74, 6) is -0.949. The Balaban J connectivity index is 1.48. The van der Waals surface area contributed by atoms with Gasteiger partial charge in [0.1, 0.15) is 5.75 Å². The molecule has 0 radical (unpaired) electrons. The van der Waals surface area contributed by atoms with E-state index in [4.69, 9.17) is 4.74 Å². The molecule has 0 aliphatic heterocycles. The van der Waals surface area contributed by atoms with Crippen LogP contribution in [0.15, 0.2) is 54.6 Å². The van der Waals surface area contributed by atoms with Crippen LogP contribution in [0.5, 0.6) is 11.5 Å². The van der Waals surface area contributed by atoms with Crippen LogP contribution in [0.2, 0.25) is 0 Å². The first-order valence-electron chi connectivity index (χ1n) is 12.6. The highest BCUT2D eigenvalue weighted by Gasteiger charge is 2.30. The molecule has 0 unspecified atom stereocenters. The van der Waals surface area contributed by atoms with Crippen molar-refractivity contribution in [3.63, 3.8) is 0 Å². The first-order chi connectivity index (χ1) is 17.2. The van der Waals surface area contributed by atoms with Gasteiger partial charge >= 0.3 is 6.18 Å². The van der Waals surface area contributed by atoms with Gasteiger partial charge in [-0.1, -0.05) is 63.3 Å². The van der Waals surface area contributed by atoms with E-state index >= 15 is 0 Å². The highest BCUT2D eigenvalue weighted by molar-refractivity contribution is 5.70. The molecule has 36 heavy (non-hydrogen) atoms.